The van der Waals surface area contributed by atoms with Gasteiger partial charge in [-0.25, -0.2) is 4.79 Å². The van der Waals surface area contributed by atoms with Crippen molar-refractivity contribution >= 4 is 5.97 Å². The standard InChI is InChI=1S/C15H19NO3/c1-5-19-14(17)15(10-16,18-4)13-8-6-12(7-9-13)11(2)3/h6-9,11H,5H2,1-4H3. The van der Waals surface area contributed by atoms with Crippen LogP contribution in [0.25, 0.3) is 0 Å². The second-order valence-corrected chi connectivity index (χ2v) is 4.49. The third kappa shape index (κ3) is 2.94. The van der Waals surface area contributed by atoms with Crippen LogP contribution in [0, 0.1) is 11.3 Å². The smallest absolute Gasteiger partial charge is 0.358 e. The van der Waals surface area contributed by atoms with Crippen molar-refractivity contribution in [2.24, 2.45) is 0 Å². The molecule has 1 aromatic carbocycles. The molecular formula is C15H19NO3. The maximum atomic E-state index is 12.0. The molecule has 1 rings (SSSR count). The maximum absolute atomic E-state index is 12.0. The van der Waals surface area contributed by atoms with E-state index in [1.54, 1.807) is 19.1 Å². The first-order valence-electron chi connectivity index (χ1n) is 6.25. The number of carbonyl (C=O) groups is 1. The van der Waals surface area contributed by atoms with Gasteiger partial charge in [-0.2, -0.15) is 5.26 Å². The molecule has 0 N–H and O–H groups in total. The second kappa shape index (κ2) is 6.35. The molecule has 0 saturated carbocycles. The van der Waals surface area contributed by atoms with Gasteiger partial charge in [-0.1, -0.05) is 38.1 Å². The van der Waals surface area contributed by atoms with Gasteiger partial charge in [0.25, 0.3) is 5.60 Å². The Balaban J connectivity index is 3.20. The monoisotopic (exact) mass is 261 g/mol. The number of esters is 1. The molecule has 0 aliphatic carbocycles. The predicted molar refractivity (Wildman–Crippen MR) is 71.5 cm³/mol. The zero-order valence-electron chi connectivity index (χ0n) is 11.8. The Morgan fingerprint density at radius 3 is 2.32 bits per heavy atom. The van der Waals surface area contributed by atoms with Crippen LogP contribution >= 0.6 is 0 Å². The van der Waals surface area contributed by atoms with E-state index >= 15 is 0 Å². The summed E-state index contributed by atoms with van der Waals surface area (Å²) >= 11 is 0. The van der Waals surface area contributed by atoms with Crippen LogP contribution in [0.2, 0.25) is 0 Å². The molecule has 0 fully saturated rings. The number of hydrogen-bond donors (Lipinski definition) is 0. The normalized spacial score (nSPS) is 13.7. The number of ether oxygens (including phenoxy) is 2. The fraction of sp³-hybridized carbons (Fsp3) is 0.467. The van der Waals surface area contributed by atoms with E-state index < -0.39 is 11.6 Å². The second-order valence-electron chi connectivity index (χ2n) is 4.49. The third-order valence-electron chi connectivity index (χ3n) is 3.01. The van der Waals surface area contributed by atoms with Crippen LogP contribution in [-0.2, 0) is 19.9 Å². The van der Waals surface area contributed by atoms with E-state index in [0.717, 1.165) is 5.56 Å². The Labute approximate surface area is 113 Å². The van der Waals surface area contributed by atoms with Crippen molar-refractivity contribution in [3.63, 3.8) is 0 Å². The number of carbonyl (C=O) groups excluding carboxylic acids is 1. The quantitative estimate of drug-likeness (QED) is 0.765. The van der Waals surface area contributed by atoms with Crippen molar-refractivity contribution in [2.75, 3.05) is 13.7 Å². The van der Waals surface area contributed by atoms with Crippen LogP contribution in [0.15, 0.2) is 24.3 Å². The molecule has 4 nitrogen and oxygen atoms in total. The minimum Gasteiger partial charge on any atom is -0.463 e. The lowest BCUT2D eigenvalue weighted by atomic mass is 9.92. The molecule has 0 bridgehead atoms. The summed E-state index contributed by atoms with van der Waals surface area (Å²) in [6.07, 6.45) is 0. The van der Waals surface area contributed by atoms with Crippen LogP contribution in [0.5, 0.6) is 0 Å². The molecule has 19 heavy (non-hydrogen) atoms. The molecule has 0 aliphatic rings. The van der Waals surface area contributed by atoms with Gasteiger partial charge in [-0.3, -0.25) is 0 Å². The topological polar surface area (TPSA) is 59.3 Å². The molecule has 1 aromatic rings. The van der Waals surface area contributed by atoms with Gasteiger partial charge in [0.1, 0.15) is 6.07 Å². The van der Waals surface area contributed by atoms with Gasteiger partial charge in [0, 0.05) is 12.7 Å². The molecule has 0 aliphatic heterocycles. The summed E-state index contributed by atoms with van der Waals surface area (Å²) in [6.45, 7) is 6.05. The summed E-state index contributed by atoms with van der Waals surface area (Å²) < 4.78 is 10.1. The van der Waals surface area contributed by atoms with Crippen molar-refractivity contribution < 1.29 is 14.3 Å². The van der Waals surface area contributed by atoms with Crippen molar-refractivity contribution in [1.29, 1.82) is 5.26 Å². The number of rotatable bonds is 5. The van der Waals surface area contributed by atoms with E-state index in [9.17, 15) is 10.1 Å². The Bertz CT molecular complexity index is 473. The van der Waals surface area contributed by atoms with Crippen LogP contribution in [0.1, 0.15) is 37.8 Å². The molecule has 1 atom stereocenters. The van der Waals surface area contributed by atoms with E-state index in [2.05, 4.69) is 13.8 Å². The van der Waals surface area contributed by atoms with E-state index in [1.165, 1.54) is 7.11 Å². The first-order chi connectivity index (χ1) is 9.01. The minimum atomic E-state index is -1.69. The van der Waals surface area contributed by atoms with Crippen LogP contribution in [0.4, 0.5) is 0 Å². The van der Waals surface area contributed by atoms with Crippen molar-refractivity contribution in [2.45, 2.75) is 32.3 Å². The minimum absolute atomic E-state index is 0.204. The van der Waals surface area contributed by atoms with Crippen molar-refractivity contribution in [3.8, 4) is 6.07 Å². The molecule has 0 radical (unpaired) electrons. The van der Waals surface area contributed by atoms with Crippen molar-refractivity contribution in [1.82, 2.24) is 0 Å². The highest BCUT2D eigenvalue weighted by Gasteiger charge is 2.42. The SMILES string of the molecule is CCOC(=O)C(C#N)(OC)c1ccc(C(C)C)cc1. The fourth-order valence-corrected chi connectivity index (χ4v) is 1.81. The van der Waals surface area contributed by atoms with E-state index in [4.69, 9.17) is 9.47 Å². The zero-order valence-corrected chi connectivity index (χ0v) is 11.8. The van der Waals surface area contributed by atoms with E-state index in [-0.39, 0.29) is 6.61 Å². The van der Waals surface area contributed by atoms with Gasteiger partial charge in [-0.05, 0) is 18.4 Å². The summed E-state index contributed by atoms with van der Waals surface area (Å²) in [5.74, 6) is -0.298. The maximum Gasteiger partial charge on any atom is 0.358 e. The summed E-state index contributed by atoms with van der Waals surface area (Å²) in [4.78, 5) is 12.0. The lowest BCUT2D eigenvalue weighted by molar-refractivity contribution is -0.163. The molecular weight excluding hydrogens is 242 g/mol. The fourth-order valence-electron chi connectivity index (χ4n) is 1.81. The zero-order chi connectivity index (χ0) is 14.5. The van der Waals surface area contributed by atoms with Crippen LogP contribution in [-0.4, -0.2) is 19.7 Å². The highest BCUT2D eigenvalue weighted by Crippen LogP contribution is 2.27. The van der Waals surface area contributed by atoms with Gasteiger partial charge in [0.15, 0.2) is 0 Å². The molecule has 0 spiro atoms. The molecule has 0 saturated heterocycles. The summed E-state index contributed by atoms with van der Waals surface area (Å²) in [6, 6.07) is 9.17. The molecule has 0 amide bonds. The number of nitrogens with zero attached hydrogens (tertiary/aromatic N) is 1. The van der Waals surface area contributed by atoms with Gasteiger partial charge in [0.05, 0.1) is 6.61 Å². The first-order valence-corrected chi connectivity index (χ1v) is 6.25. The van der Waals surface area contributed by atoms with Gasteiger partial charge >= 0.3 is 5.97 Å². The predicted octanol–water partition coefficient (Wildman–Crippen LogP) is 2.74. The lowest BCUT2D eigenvalue weighted by Crippen LogP contribution is -2.38. The van der Waals surface area contributed by atoms with Gasteiger partial charge in [-0.15, -0.1) is 0 Å². The molecule has 0 aromatic heterocycles. The highest BCUT2D eigenvalue weighted by molar-refractivity contribution is 5.84. The summed E-state index contributed by atoms with van der Waals surface area (Å²) in [5.41, 5.74) is -0.0678. The Morgan fingerprint density at radius 2 is 1.95 bits per heavy atom. The highest BCUT2D eigenvalue weighted by atomic mass is 16.6. The van der Waals surface area contributed by atoms with E-state index in [1.807, 2.05) is 18.2 Å². The Kier molecular flexibility index (Phi) is 5.08. The summed E-state index contributed by atoms with van der Waals surface area (Å²) in [7, 11) is 1.33. The lowest BCUT2D eigenvalue weighted by Gasteiger charge is -2.23. The van der Waals surface area contributed by atoms with Gasteiger partial charge in [0.2, 0.25) is 0 Å². The third-order valence-corrected chi connectivity index (χ3v) is 3.01. The summed E-state index contributed by atoms with van der Waals surface area (Å²) in [5, 5.41) is 9.33. The Morgan fingerprint density at radius 1 is 1.37 bits per heavy atom. The number of hydrogen-bond acceptors (Lipinski definition) is 4. The molecule has 102 valence electrons. The van der Waals surface area contributed by atoms with Crippen LogP contribution < -0.4 is 0 Å². The van der Waals surface area contributed by atoms with Crippen molar-refractivity contribution in [3.05, 3.63) is 35.4 Å². The van der Waals surface area contributed by atoms with E-state index in [0.29, 0.717) is 11.5 Å². The van der Waals surface area contributed by atoms with Gasteiger partial charge < -0.3 is 9.47 Å². The first kappa shape index (κ1) is 15.2. The average Bonchev–Trinajstić information content (AvgIpc) is 2.41. The largest absolute Gasteiger partial charge is 0.463 e. The number of methoxy groups -OCH3 is 1. The average molecular weight is 261 g/mol. The molecule has 1 unspecified atom stereocenters. The Hall–Kier alpha value is -1.86. The molecule has 0 heterocycles. The number of nitriles is 1. The van der Waals surface area contributed by atoms with Crippen LogP contribution in [0.3, 0.4) is 0 Å². The number of benzene rings is 1. The molecule has 4 heteroatoms.